The number of carbonyl (C=O) groups excluding carboxylic acids is 1. The molecule has 2 N–H and O–H groups in total. The van der Waals surface area contributed by atoms with Gasteiger partial charge in [-0.05, 0) is 56.5 Å². The number of thiazole rings is 1. The summed E-state index contributed by atoms with van der Waals surface area (Å²) in [6.07, 6.45) is -3.28. The monoisotopic (exact) mass is 497 g/mol. The van der Waals surface area contributed by atoms with Crippen LogP contribution in [0.4, 0.5) is 34.9 Å². The summed E-state index contributed by atoms with van der Waals surface area (Å²) in [5, 5.41) is 18.4. The first-order valence-electron chi connectivity index (χ1n) is 9.91. The number of carboxylic acids is 1. The van der Waals surface area contributed by atoms with Crippen molar-refractivity contribution in [2.24, 2.45) is 0 Å². The molecule has 1 aliphatic rings. The standard InChI is InChI=1S/C19H18FN5OS.C2HF3O2/c1-11-5-7-14(13(20)10-11)21-18(26)19-22-17-15(27-19)4-3-9-25(17)16-8-6-12(2)23-24-16;3-2(4,5)1(6)7/h5-8,10H,3-4,9H2,1-2H3,(H,21,26);(H,6,7). The second-order valence-electron chi connectivity index (χ2n) is 7.29. The van der Waals surface area contributed by atoms with Crippen molar-refractivity contribution >= 4 is 40.5 Å². The number of aryl methyl sites for hydroxylation is 3. The van der Waals surface area contributed by atoms with E-state index in [1.54, 1.807) is 19.1 Å². The first-order chi connectivity index (χ1) is 16.0. The summed E-state index contributed by atoms with van der Waals surface area (Å²) in [6.45, 7) is 4.45. The number of amides is 1. The average Bonchev–Trinajstić information content (AvgIpc) is 3.21. The smallest absolute Gasteiger partial charge is 0.475 e. The fraction of sp³-hybridized carbons (Fsp3) is 0.286. The van der Waals surface area contributed by atoms with Gasteiger partial charge < -0.3 is 15.3 Å². The number of carboxylic acid groups (broad SMARTS) is 1. The van der Waals surface area contributed by atoms with Crippen LogP contribution in [0.1, 0.15) is 32.4 Å². The molecule has 0 bridgehead atoms. The van der Waals surface area contributed by atoms with Crippen molar-refractivity contribution in [1.29, 1.82) is 0 Å². The third-order valence-electron chi connectivity index (χ3n) is 4.59. The van der Waals surface area contributed by atoms with E-state index in [0.717, 1.165) is 41.3 Å². The van der Waals surface area contributed by atoms with Crippen LogP contribution in [0.15, 0.2) is 30.3 Å². The van der Waals surface area contributed by atoms with Gasteiger partial charge in [0.25, 0.3) is 5.91 Å². The van der Waals surface area contributed by atoms with E-state index < -0.39 is 23.9 Å². The van der Waals surface area contributed by atoms with Gasteiger partial charge in [0.1, 0.15) is 11.6 Å². The number of alkyl halides is 3. The molecule has 0 atom stereocenters. The molecule has 3 heterocycles. The summed E-state index contributed by atoms with van der Waals surface area (Å²) >= 11 is 1.34. The highest BCUT2D eigenvalue weighted by atomic mass is 32.1. The maximum atomic E-state index is 14.0. The zero-order valence-corrected chi connectivity index (χ0v) is 18.8. The minimum Gasteiger partial charge on any atom is -0.475 e. The zero-order valence-electron chi connectivity index (χ0n) is 18.0. The number of rotatable bonds is 3. The van der Waals surface area contributed by atoms with E-state index in [4.69, 9.17) is 9.90 Å². The fourth-order valence-corrected chi connectivity index (χ4v) is 3.98. The Labute approximate surface area is 195 Å². The third-order valence-corrected chi connectivity index (χ3v) is 5.69. The number of hydrogen-bond acceptors (Lipinski definition) is 7. The molecule has 0 fully saturated rings. The highest BCUT2D eigenvalue weighted by molar-refractivity contribution is 7.14. The summed E-state index contributed by atoms with van der Waals surface area (Å²) in [4.78, 5) is 29.0. The van der Waals surface area contributed by atoms with Gasteiger partial charge in [0.05, 0.1) is 11.4 Å². The number of carbonyl (C=O) groups is 2. The van der Waals surface area contributed by atoms with E-state index in [1.165, 1.54) is 17.4 Å². The van der Waals surface area contributed by atoms with E-state index in [9.17, 15) is 22.4 Å². The van der Waals surface area contributed by atoms with Gasteiger partial charge in [-0.1, -0.05) is 6.07 Å². The molecule has 4 rings (SSSR count). The Morgan fingerprint density at radius 2 is 1.85 bits per heavy atom. The molecule has 0 saturated carbocycles. The van der Waals surface area contributed by atoms with Gasteiger partial charge in [-0.2, -0.15) is 18.3 Å². The van der Waals surface area contributed by atoms with Gasteiger partial charge in [0.15, 0.2) is 10.8 Å². The number of nitrogens with zero attached hydrogens (tertiary/aromatic N) is 4. The maximum Gasteiger partial charge on any atom is 0.490 e. The number of fused-ring (bicyclic) bond motifs is 1. The second kappa shape index (κ2) is 10.1. The Balaban J connectivity index is 0.000000406. The highest BCUT2D eigenvalue weighted by Crippen LogP contribution is 2.35. The summed E-state index contributed by atoms with van der Waals surface area (Å²) in [5.74, 6) is -2.18. The normalized spacial score (nSPS) is 12.9. The molecule has 0 radical (unpaired) electrons. The molecule has 2 aromatic heterocycles. The topological polar surface area (TPSA) is 108 Å². The molecule has 0 saturated heterocycles. The second-order valence-corrected chi connectivity index (χ2v) is 8.38. The van der Waals surface area contributed by atoms with Gasteiger partial charge in [0.2, 0.25) is 0 Å². The largest absolute Gasteiger partial charge is 0.490 e. The zero-order chi connectivity index (χ0) is 25.0. The maximum absolute atomic E-state index is 14.0. The van der Waals surface area contributed by atoms with E-state index >= 15 is 0 Å². The van der Waals surface area contributed by atoms with Crippen molar-refractivity contribution in [3.8, 4) is 0 Å². The van der Waals surface area contributed by atoms with Crippen LogP contribution in [0.25, 0.3) is 0 Å². The molecule has 1 aliphatic heterocycles. The summed E-state index contributed by atoms with van der Waals surface area (Å²) in [5.41, 5.74) is 1.79. The molecule has 8 nitrogen and oxygen atoms in total. The van der Waals surface area contributed by atoms with Crippen molar-refractivity contribution in [2.75, 3.05) is 16.8 Å². The molecule has 13 heteroatoms. The summed E-state index contributed by atoms with van der Waals surface area (Å²) in [7, 11) is 0. The average molecular weight is 497 g/mol. The van der Waals surface area contributed by atoms with E-state index in [1.807, 2.05) is 24.0 Å². The highest BCUT2D eigenvalue weighted by Gasteiger charge is 2.38. The van der Waals surface area contributed by atoms with E-state index in [2.05, 4.69) is 20.5 Å². The van der Waals surface area contributed by atoms with Crippen LogP contribution in [0.5, 0.6) is 0 Å². The van der Waals surface area contributed by atoms with Gasteiger partial charge in [-0.25, -0.2) is 14.2 Å². The lowest BCUT2D eigenvalue weighted by molar-refractivity contribution is -0.192. The lowest BCUT2D eigenvalue weighted by atomic mass is 10.2. The van der Waals surface area contributed by atoms with Gasteiger partial charge >= 0.3 is 12.1 Å². The molecule has 1 aromatic carbocycles. The van der Waals surface area contributed by atoms with Crippen LogP contribution in [0.3, 0.4) is 0 Å². The Hall–Kier alpha value is -3.61. The van der Waals surface area contributed by atoms with Crippen LogP contribution in [-0.4, -0.2) is 44.9 Å². The van der Waals surface area contributed by atoms with Crippen molar-refractivity contribution in [1.82, 2.24) is 15.2 Å². The number of hydrogen-bond donors (Lipinski definition) is 2. The Morgan fingerprint density at radius 1 is 1.15 bits per heavy atom. The molecular weight excluding hydrogens is 478 g/mol. The predicted octanol–water partition coefficient (Wildman–Crippen LogP) is 4.66. The first kappa shape index (κ1) is 25.0. The molecule has 0 unspecified atom stereocenters. The lowest BCUT2D eigenvalue weighted by Crippen LogP contribution is -2.25. The number of aliphatic carboxylic acids is 1. The number of benzene rings is 1. The number of aromatic nitrogens is 3. The van der Waals surface area contributed by atoms with E-state index in [-0.39, 0.29) is 5.69 Å². The van der Waals surface area contributed by atoms with Crippen molar-refractivity contribution in [2.45, 2.75) is 32.9 Å². The summed E-state index contributed by atoms with van der Waals surface area (Å²) in [6, 6.07) is 8.50. The molecule has 1 amide bonds. The molecular formula is C21H19F4N5O3S. The van der Waals surface area contributed by atoms with Crippen molar-refractivity contribution < 1.29 is 32.3 Å². The van der Waals surface area contributed by atoms with Crippen LogP contribution in [0, 0.1) is 19.7 Å². The lowest BCUT2D eigenvalue weighted by Gasteiger charge is -2.25. The Morgan fingerprint density at radius 3 is 2.44 bits per heavy atom. The van der Waals surface area contributed by atoms with E-state index in [0.29, 0.717) is 10.8 Å². The summed E-state index contributed by atoms with van der Waals surface area (Å²) < 4.78 is 45.8. The predicted molar refractivity (Wildman–Crippen MR) is 117 cm³/mol. The molecule has 0 spiro atoms. The van der Waals surface area contributed by atoms with Crippen LogP contribution in [-0.2, 0) is 11.2 Å². The first-order valence-corrected chi connectivity index (χ1v) is 10.7. The minimum absolute atomic E-state index is 0.153. The van der Waals surface area contributed by atoms with Gasteiger partial charge in [-0.15, -0.1) is 16.4 Å². The van der Waals surface area contributed by atoms with Gasteiger partial charge in [0, 0.05) is 11.4 Å². The minimum atomic E-state index is -5.08. The Kier molecular flexibility index (Phi) is 7.44. The van der Waals surface area contributed by atoms with Gasteiger partial charge in [-0.3, -0.25) is 4.79 Å². The fourth-order valence-electron chi connectivity index (χ4n) is 2.97. The van der Waals surface area contributed by atoms with Crippen LogP contribution in [0.2, 0.25) is 0 Å². The number of nitrogens with one attached hydrogen (secondary N) is 1. The third kappa shape index (κ3) is 6.04. The van der Waals surface area contributed by atoms with Crippen molar-refractivity contribution in [3.63, 3.8) is 0 Å². The SMILES string of the molecule is Cc1ccc(NC(=O)c2nc3c(s2)CCCN3c2ccc(C)nn2)c(F)c1.O=C(O)C(F)(F)F. The molecule has 180 valence electrons. The van der Waals surface area contributed by atoms with Crippen LogP contribution < -0.4 is 10.2 Å². The number of anilines is 3. The molecule has 0 aliphatic carbocycles. The quantitative estimate of drug-likeness (QED) is 0.507. The molecule has 34 heavy (non-hydrogen) atoms. The molecule has 3 aromatic rings. The van der Waals surface area contributed by atoms with Crippen molar-refractivity contribution in [3.05, 3.63) is 57.3 Å². The number of halogens is 4. The Bertz CT molecular complexity index is 1200. The van der Waals surface area contributed by atoms with Crippen LogP contribution >= 0.6 is 11.3 Å².